The van der Waals surface area contributed by atoms with Crippen LogP contribution in [0.4, 0.5) is 0 Å². The van der Waals surface area contributed by atoms with Gasteiger partial charge in [-0.1, -0.05) is 115 Å². The molecule has 2 nitrogen and oxygen atoms in total. The minimum absolute atomic E-state index is 0.0926. The Kier molecular flexibility index (Phi) is 6.90. The van der Waals surface area contributed by atoms with E-state index in [1.807, 2.05) is 0 Å². The summed E-state index contributed by atoms with van der Waals surface area (Å²) in [5.41, 5.74) is 4.51. The van der Waals surface area contributed by atoms with Crippen LogP contribution >= 0.6 is 11.3 Å². The molecule has 0 saturated carbocycles. The van der Waals surface area contributed by atoms with E-state index in [1.54, 1.807) is 11.3 Å². The lowest BCUT2D eigenvalue weighted by atomic mass is 9.88. The van der Waals surface area contributed by atoms with Gasteiger partial charge in [-0.15, -0.1) is 11.3 Å². The van der Waals surface area contributed by atoms with E-state index >= 15 is 0 Å². The van der Waals surface area contributed by atoms with Crippen molar-refractivity contribution in [1.82, 2.24) is 9.97 Å². The molecule has 0 N–H and O–H groups in total. The van der Waals surface area contributed by atoms with Gasteiger partial charge in [-0.3, -0.25) is 0 Å². The molecule has 38 heavy (non-hydrogen) atoms. The molecule has 0 atom stereocenters. The summed E-state index contributed by atoms with van der Waals surface area (Å²) in [6.45, 7) is 18.9. The fourth-order valence-corrected chi connectivity index (χ4v) is 13.4. The molecule has 0 bridgehead atoms. The van der Waals surface area contributed by atoms with Crippen LogP contribution in [0.1, 0.15) is 55.4 Å². The second-order valence-corrected chi connectivity index (χ2v) is 19.1. The zero-order valence-corrected chi connectivity index (χ0v) is 26.1. The topological polar surface area (TPSA) is 25.8 Å². The van der Waals surface area contributed by atoms with Crippen molar-refractivity contribution in [2.24, 2.45) is 17.3 Å². The first-order valence-corrected chi connectivity index (χ1v) is 17.8. The van der Waals surface area contributed by atoms with Crippen molar-refractivity contribution in [2.45, 2.75) is 73.5 Å². The van der Waals surface area contributed by atoms with Crippen LogP contribution in [0.2, 0.25) is 18.6 Å². The molecule has 0 aliphatic carbocycles. The molecular formula is C34H42N2SSi. The van der Waals surface area contributed by atoms with Crippen molar-refractivity contribution in [3.63, 3.8) is 0 Å². The Morgan fingerprint density at radius 3 is 2.29 bits per heavy atom. The average Bonchev–Trinajstić information content (AvgIpc) is 3.18. The second-order valence-electron chi connectivity index (χ2n) is 13.5. The van der Waals surface area contributed by atoms with E-state index in [0.29, 0.717) is 11.8 Å². The molecule has 5 aromatic rings. The molecule has 4 heteroatoms. The normalized spacial score (nSPS) is 13.4. The molecule has 198 valence electrons. The van der Waals surface area contributed by atoms with E-state index in [4.69, 9.17) is 6.35 Å². The summed E-state index contributed by atoms with van der Waals surface area (Å²) in [7, 11) is -1.81. The number of aromatic nitrogens is 2. The monoisotopic (exact) mass is 539 g/mol. The lowest BCUT2D eigenvalue weighted by molar-refractivity contribution is 0.411. The first kappa shape index (κ1) is 25.7. The van der Waals surface area contributed by atoms with Crippen molar-refractivity contribution in [1.29, 1.82) is 0 Å². The van der Waals surface area contributed by atoms with Gasteiger partial charge in [0.15, 0.2) is 0 Å². The lowest BCUT2D eigenvalue weighted by Gasteiger charge is -2.33. The highest BCUT2D eigenvalue weighted by Gasteiger charge is 2.33. The van der Waals surface area contributed by atoms with Crippen LogP contribution in [0.5, 0.6) is 0 Å². The van der Waals surface area contributed by atoms with Gasteiger partial charge in [-0.25, -0.2) is 9.97 Å². The first-order valence-electron chi connectivity index (χ1n) is 14.6. The van der Waals surface area contributed by atoms with Gasteiger partial charge in [0.2, 0.25) is 0 Å². The Morgan fingerprint density at radius 2 is 1.61 bits per heavy atom. The Bertz CT molecular complexity index is 1650. The van der Waals surface area contributed by atoms with E-state index in [2.05, 4.69) is 115 Å². The summed E-state index contributed by atoms with van der Waals surface area (Å²) in [4.78, 5) is 9.42. The maximum absolute atomic E-state index is 8.56. The van der Waals surface area contributed by atoms with E-state index in [1.165, 1.54) is 38.3 Å². The molecule has 5 rings (SSSR count). The van der Waals surface area contributed by atoms with Crippen LogP contribution in [-0.2, 0) is 6.42 Å². The zero-order chi connectivity index (χ0) is 28.1. The molecule has 3 aromatic carbocycles. The molecule has 0 unspecified atom stereocenters. The standard InChI is InChI=1S/C34H42N2SSi/c1-22(2)19-38(8,20-23(3)4)30-17-26(16-25-11-9-10-12-27(25)30)31-33-32(36-21-35-31)28-14-13-24(15-29(28)37-33)18-34(5,6)7/h9-17,21-23H,18-20H2,1-8H3/i21D. The summed E-state index contributed by atoms with van der Waals surface area (Å²) in [5, 5.41) is 5.31. The van der Waals surface area contributed by atoms with Gasteiger partial charge < -0.3 is 0 Å². The van der Waals surface area contributed by atoms with Crippen molar-refractivity contribution < 1.29 is 1.37 Å². The Balaban J connectivity index is 1.76. The quantitative estimate of drug-likeness (QED) is 0.192. The third kappa shape index (κ3) is 5.44. The summed E-state index contributed by atoms with van der Waals surface area (Å²) in [5.74, 6) is 1.30. The third-order valence-corrected chi connectivity index (χ3v) is 13.8. The lowest BCUT2D eigenvalue weighted by Crippen LogP contribution is -2.47. The molecule has 0 aliphatic rings. The molecule has 0 saturated heterocycles. The fraction of sp³-hybridized carbons (Fsp3) is 0.412. The van der Waals surface area contributed by atoms with Gasteiger partial charge in [0, 0.05) is 15.6 Å². The maximum atomic E-state index is 8.56. The Hall–Kier alpha value is -2.56. The molecule has 0 spiro atoms. The van der Waals surface area contributed by atoms with Gasteiger partial charge in [-0.05, 0) is 52.1 Å². The van der Waals surface area contributed by atoms with Crippen LogP contribution in [0.3, 0.4) is 0 Å². The average molecular weight is 540 g/mol. The summed E-state index contributed by atoms with van der Waals surface area (Å²) in [6, 6.07) is 22.9. The minimum Gasteiger partial charge on any atom is -0.235 e. The molecule has 0 fully saturated rings. The summed E-state index contributed by atoms with van der Waals surface area (Å²) in [6.07, 6.45) is 1.12. The largest absolute Gasteiger partial charge is 0.235 e. The highest BCUT2D eigenvalue weighted by Crippen LogP contribution is 2.39. The SMILES string of the molecule is [2H]c1nc(-c2cc([Si](C)(CC(C)C)CC(C)C)c3ccccc3c2)c2sc3cc(CC(C)(C)C)ccc3c2n1. The van der Waals surface area contributed by atoms with E-state index in [9.17, 15) is 0 Å². The van der Waals surface area contributed by atoms with Crippen LogP contribution in [0, 0.1) is 17.3 Å². The molecule has 0 aliphatic heterocycles. The van der Waals surface area contributed by atoms with Crippen molar-refractivity contribution >= 4 is 55.7 Å². The maximum Gasteiger partial charge on any atom is 0.116 e. The van der Waals surface area contributed by atoms with Crippen LogP contribution in [0.15, 0.2) is 60.9 Å². The van der Waals surface area contributed by atoms with E-state index < -0.39 is 8.07 Å². The Morgan fingerprint density at radius 1 is 0.895 bits per heavy atom. The van der Waals surface area contributed by atoms with Crippen molar-refractivity contribution in [3.05, 3.63) is 66.5 Å². The predicted octanol–water partition coefficient (Wildman–Crippen LogP) is 9.85. The minimum atomic E-state index is -1.81. The van der Waals surface area contributed by atoms with Gasteiger partial charge in [-0.2, -0.15) is 0 Å². The van der Waals surface area contributed by atoms with Gasteiger partial charge in [0.1, 0.15) is 7.67 Å². The van der Waals surface area contributed by atoms with Gasteiger partial charge in [0.25, 0.3) is 0 Å². The summed E-state index contributed by atoms with van der Waals surface area (Å²) < 4.78 is 10.9. The third-order valence-electron chi connectivity index (χ3n) is 7.50. The molecular weight excluding hydrogens is 497 g/mol. The van der Waals surface area contributed by atoms with Crippen LogP contribution in [0.25, 0.3) is 42.3 Å². The number of thiophene rings is 1. The highest BCUT2D eigenvalue weighted by molar-refractivity contribution is 7.26. The van der Waals surface area contributed by atoms with Gasteiger partial charge in [0.05, 0.1) is 24.0 Å². The van der Waals surface area contributed by atoms with E-state index in [0.717, 1.165) is 33.3 Å². The number of hydrogen-bond donors (Lipinski definition) is 0. The number of benzene rings is 3. The Labute approximate surface area is 235 Å². The smallest absolute Gasteiger partial charge is 0.116 e. The van der Waals surface area contributed by atoms with E-state index in [-0.39, 0.29) is 11.7 Å². The van der Waals surface area contributed by atoms with Crippen LogP contribution < -0.4 is 5.19 Å². The number of fused-ring (bicyclic) bond motifs is 4. The van der Waals surface area contributed by atoms with Crippen LogP contribution in [-0.4, -0.2) is 18.0 Å². The number of rotatable bonds is 7. The van der Waals surface area contributed by atoms with Crippen molar-refractivity contribution in [2.75, 3.05) is 0 Å². The fourth-order valence-electron chi connectivity index (χ4n) is 6.54. The molecule has 0 amide bonds. The molecule has 2 aromatic heterocycles. The first-order chi connectivity index (χ1) is 18.3. The number of hydrogen-bond acceptors (Lipinski definition) is 3. The second kappa shape index (κ2) is 10.2. The molecule has 0 radical (unpaired) electrons. The predicted molar refractivity (Wildman–Crippen MR) is 172 cm³/mol. The zero-order valence-electron chi connectivity index (χ0n) is 25.3. The highest BCUT2D eigenvalue weighted by atomic mass is 32.1. The number of nitrogens with zero attached hydrogens (tertiary/aromatic N) is 2. The summed E-state index contributed by atoms with van der Waals surface area (Å²) >= 11 is 1.78. The van der Waals surface area contributed by atoms with Crippen molar-refractivity contribution in [3.8, 4) is 11.3 Å². The van der Waals surface area contributed by atoms with Gasteiger partial charge >= 0.3 is 0 Å². The molecule has 2 heterocycles.